The van der Waals surface area contributed by atoms with Crippen molar-refractivity contribution in [2.24, 2.45) is 5.92 Å². The molecular weight excluding hydrogens is 420 g/mol. The van der Waals surface area contributed by atoms with Crippen molar-refractivity contribution in [3.05, 3.63) is 53.6 Å². The number of rotatable bonds is 4. The number of amides is 2. The summed E-state index contributed by atoms with van der Waals surface area (Å²) < 4.78 is 1.22. The Labute approximate surface area is 192 Å². The summed E-state index contributed by atoms with van der Waals surface area (Å²) >= 11 is 1.73. The van der Waals surface area contributed by atoms with Crippen LogP contribution in [0.2, 0.25) is 0 Å². The molecule has 6 nitrogen and oxygen atoms in total. The minimum atomic E-state index is -0.259. The Balaban J connectivity index is 1.21. The molecule has 0 bridgehead atoms. The largest absolute Gasteiger partial charge is 0.345 e. The zero-order chi connectivity index (χ0) is 22.2. The number of benzene rings is 2. The number of thiazole rings is 1. The second kappa shape index (κ2) is 8.54. The lowest BCUT2D eigenvalue weighted by molar-refractivity contribution is -0.136. The maximum Gasteiger partial charge on any atom is 0.228 e. The van der Waals surface area contributed by atoms with Crippen LogP contribution in [-0.4, -0.2) is 54.4 Å². The SMILES string of the molecule is CCc1ccc2nc(N3CCN(C(=O)C4CC(=O)N(c5ccc(C)cc5)C4)CC3)sc2c1. The van der Waals surface area contributed by atoms with Crippen molar-refractivity contribution >= 4 is 44.2 Å². The van der Waals surface area contributed by atoms with Crippen molar-refractivity contribution in [2.45, 2.75) is 26.7 Å². The van der Waals surface area contributed by atoms with E-state index >= 15 is 0 Å². The number of anilines is 2. The monoisotopic (exact) mass is 448 g/mol. The van der Waals surface area contributed by atoms with Gasteiger partial charge in [-0.25, -0.2) is 4.98 Å². The summed E-state index contributed by atoms with van der Waals surface area (Å²) in [7, 11) is 0. The average Bonchev–Trinajstić information content (AvgIpc) is 3.42. The van der Waals surface area contributed by atoms with Crippen molar-refractivity contribution < 1.29 is 9.59 Å². The molecule has 1 unspecified atom stereocenters. The molecule has 0 spiro atoms. The smallest absolute Gasteiger partial charge is 0.228 e. The van der Waals surface area contributed by atoms with Gasteiger partial charge in [0.05, 0.1) is 16.1 Å². The highest BCUT2D eigenvalue weighted by atomic mass is 32.1. The van der Waals surface area contributed by atoms with E-state index in [4.69, 9.17) is 4.98 Å². The molecule has 2 aromatic carbocycles. The van der Waals surface area contributed by atoms with E-state index in [-0.39, 0.29) is 17.7 Å². The molecule has 0 radical (unpaired) electrons. The highest BCUT2D eigenvalue weighted by Gasteiger charge is 2.38. The number of aryl methyl sites for hydroxylation is 2. The van der Waals surface area contributed by atoms with E-state index in [1.165, 1.54) is 10.3 Å². The molecule has 2 amide bonds. The fourth-order valence-electron chi connectivity index (χ4n) is 4.54. The van der Waals surface area contributed by atoms with Crippen LogP contribution in [0.1, 0.15) is 24.5 Å². The van der Waals surface area contributed by atoms with Crippen LogP contribution >= 0.6 is 11.3 Å². The molecule has 0 aliphatic carbocycles. The third kappa shape index (κ3) is 3.97. The number of aromatic nitrogens is 1. The van der Waals surface area contributed by atoms with Crippen molar-refractivity contribution in [1.82, 2.24) is 9.88 Å². The molecule has 1 atom stereocenters. The first-order valence-electron chi connectivity index (χ1n) is 11.3. The minimum Gasteiger partial charge on any atom is -0.345 e. The van der Waals surface area contributed by atoms with Gasteiger partial charge >= 0.3 is 0 Å². The number of hydrogen-bond donors (Lipinski definition) is 0. The van der Waals surface area contributed by atoms with Gasteiger partial charge in [0.15, 0.2) is 5.13 Å². The Morgan fingerprint density at radius 1 is 1.09 bits per heavy atom. The van der Waals surface area contributed by atoms with Crippen LogP contribution < -0.4 is 9.80 Å². The standard InChI is InChI=1S/C25H28N4O2S/c1-3-18-6-9-21-22(14-18)32-25(26-21)28-12-10-27(11-13-28)24(31)19-15-23(30)29(16-19)20-7-4-17(2)5-8-20/h4-9,14,19H,3,10-13,15-16H2,1-2H3. The van der Waals surface area contributed by atoms with Gasteiger partial charge in [0.25, 0.3) is 0 Å². The minimum absolute atomic E-state index is 0.0340. The van der Waals surface area contributed by atoms with Crippen molar-refractivity contribution in [1.29, 1.82) is 0 Å². The molecule has 7 heteroatoms. The van der Waals surface area contributed by atoms with Gasteiger partial charge in [0.2, 0.25) is 11.8 Å². The molecule has 5 rings (SSSR count). The second-order valence-corrected chi connectivity index (χ2v) is 9.71. The van der Waals surface area contributed by atoms with Gasteiger partial charge in [-0.15, -0.1) is 0 Å². The molecule has 3 heterocycles. The summed E-state index contributed by atoms with van der Waals surface area (Å²) in [4.78, 5) is 36.5. The van der Waals surface area contributed by atoms with Gasteiger partial charge in [-0.1, -0.05) is 42.0 Å². The first-order chi connectivity index (χ1) is 15.5. The van der Waals surface area contributed by atoms with Gasteiger partial charge in [0.1, 0.15) is 0 Å². The van der Waals surface area contributed by atoms with E-state index in [2.05, 4.69) is 30.0 Å². The van der Waals surface area contributed by atoms with Crippen molar-refractivity contribution in [3.63, 3.8) is 0 Å². The summed E-state index contributed by atoms with van der Waals surface area (Å²) in [6.07, 6.45) is 1.32. The van der Waals surface area contributed by atoms with Crippen molar-refractivity contribution in [3.8, 4) is 0 Å². The summed E-state index contributed by atoms with van der Waals surface area (Å²) in [6.45, 7) is 7.55. The number of fused-ring (bicyclic) bond motifs is 1. The fourth-order valence-corrected chi connectivity index (χ4v) is 5.62. The van der Waals surface area contributed by atoms with Crippen LogP contribution in [-0.2, 0) is 16.0 Å². The first-order valence-corrected chi connectivity index (χ1v) is 12.1. The van der Waals surface area contributed by atoms with Crippen molar-refractivity contribution in [2.75, 3.05) is 42.5 Å². The molecule has 0 N–H and O–H groups in total. The summed E-state index contributed by atoms with van der Waals surface area (Å²) in [5.41, 5.74) is 4.41. The first kappa shape index (κ1) is 20.9. The van der Waals surface area contributed by atoms with E-state index in [1.54, 1.807) is 16.2 Å². The molecular formula is C25H28N4O2S. The summed E-state index contributed by atoms with van der Waals surface area (Å²) in [6, 6.07) is 14.4. The third-order valence-electron chi connectivity index (χ3n) is 6.53. The lowest BCUT2D eigenvalue weighted by Crippen LogP contribution is -2.50. The molecule has 2 fully saturated rings. The van der Waals surface area contributed by atoms with Gasteiger partial charge in [-0.3, -0.25) is 9.59 Å². The Hall–Kier alpha value is -2.93. The summed E-state index contributed by atoms with van der Waals surface area (Å²) in [5, 5.41) is 1.03. The zero-order valence-corrected chi connectivity index (χ0v) is 19.4. The number of piperazine rings is 1. The molecule has 3 aromatic rings. The van der Waals surface area contributed by atoms with Gasteiger partial charge in [-0.05, 0) is 43.2 Å². The second-order valence-electron chi connectivity index (χ2n) is 8.71. The van der Waals surface area contributed by atoms with E-state index in [1.807, 2.05) is 36.1 Å². The Morgan fingerprint density at radius 2 is 1.84 bits per heavy atom. The fraction of sp³-hybridized carbons (Fsp3) is 0.400. The highest BCUT2D eigenvalue weighted by Crippen LogP contribution is 2.31. The van der Waals surface area contributed by atoms with Crippen LogP contribution in [0.3, 0.4) is 0 Å². The number of carbonyl (C=O) groups is 2. The lowest BCUT2D eigenvalue weighted by atomic mass is 10.1. The van der Waals surface area contributed by atoms with Gasteiger partial charge in [0, 0.05) is 44.8 Å². The average molecular weight is 449 g/mol. The van der Waals surface area contributed by atoms with Crippen LogP contribution in [0.5, 0.6) is 0 Å². The van der Waals surface area contributed by atoms with E-state index in [0.29, 0.717) is 26.1 Å². The van der Waals surface area contributed by atoms with Gasteiger partial charge in [-0.2, -0.15) is 0 Å². The molecule has 2 aliphatic heterocycles. The Morgan fingerprint density at radius 3 is 2.56 bits per heavy atom. The van der Waals surface area contributed by atoms with E-state index < -0.39 is 0 Å². The molecule has 0 saturated carbocycles. The maximum atomic E-state index is 13.1. The van der Waals surface area contributed by atoms with Crippen LogP contribution in [0.15, 0.2) is 42.5 Å². The van der Waals surface area contributed by atoms with Crippen LogP contribution in [0.25, 0.3) is 10.2 Å². The number of hydrogen-bond acceptors (Lipinski definition) is 5. The van der Waals surface area contributed by atoms with Crippen LogP contribution in [0, 0.1) is 12.8 Å². The predicted octanol–water partition coefficient (Wildman–Crippen LogP) is 3.87. The quantitative estimate of drug-likeness (QED) is 0.608. The maximum absolute atomic E-state index is 13.1. The Bertz CT molecular complexity index is 1150. The van der Waals surface area contributed by atoms with Gasteiger partial charge < -0.3 is 14.7 Å². The molecule has 166 valence electrons. The highest BCUT2D eigenvalue weighted by molar-refractivity contribution is 7.22. The lowest BCUT2D eigenvalue weighted by Gasteiger charge is -2.35. The molecule has 1 aromatic heterocycles. The van der Waals surface area contributed by atoms with E-state index in [9.17, 15) is 9.59 Å². The Kier molecular flexibility index (Phi) is 5.59. The molecule has 2 aliphatic rings. The number of carbonyl (C=O) groups excluding carboxylic acids is 2. The predicted molar refractivity (Wildman–Crippen MR) is 129 cm³/mol. The third-order valence-corrected chi connectivity index (χ3v) is 7.61. The zero-order valence-electron chi connectivity index (χ0n) is 18.6. The van der Waals surface area contributed by atoms with Crippen LogP contribution in [0.4, 0.5) is 10.8 Å². The van der Waals surface area contributed by atoms with E-state index in [0.717, 1.165) is 41.4 Å². The number of nitrogens with zero attached hydrogens (tertiary/aromatic N) is 4. The summed E-state index contributed by atoms with van der Waals surface area (Å²) in [5.74, 6) is -0.124. The molecule has 32 heavy (non-hydrogen) atoms. The topological polar surface area (TPSA) is 56.8 Å². The molecule has 2 saturated heterocycles. The normalized spacial score (nSPS) is 19.2.